The van der Waals surface area contributed by atoms with Gasteiger partial charge in [0, 0.05) is 26.3 Å². The second-order valence-corrected chi connectivity index (χ2v) is 8.42. The molecule has 0 fully saturated rings. The highest BCUT2D eigenvalue weighted by Gasteiger charge is 2.23. The molecule has 0 aliphatic heterocycles. The molecule has 2 aromatic carbocycles. The van der Waals surface area contributed by atoms with Crippen LogP contribution in [0.2, 0.25) is 15.1 Å². The maximum Gasteiger partial charge on any atom is 0.329 e. The van der Waals surface area contributed by atoms with Gasteiger partial charge >= 0.3 is 5.97 Å². The average molecular weight is 490 g/mol. The van der Waals surface area contributed by atoms with Gasteiger partial charge in [-0.25, -0.2) is 4.79 Å². The van der Waals surface area contributed by atoms with Crippen molar-refractivity contribution in [2.24, 2.45) is 0 Å². The molecule has 0 spiro atoms. The number of benzene rings is 2. The minimum absolute atomic E-state index is 0.352. The Morgan fingerprint density at radius 1 is 1.00 bits per heavy atom. The molecule has 0 aromatic heterocycles. The van der Waals surface area contributed by atoms with Crippen LogP contribution in [0, 0.1) is 0 Å². The Hall–Kier alpha value is -1.93. The Kier molecular flexibility index (Phi) is 9.78. The lowest BCUT2D eigenvalue weighted by Crippen LogP contribution is -2.43. The van der Waals surface area contributed by atoms with Gasteiger partial charge in [-0.05, 0) is 60.9 Å². The molecule has 30 heavy (non-hydrogen) atoms. The van der Waals surface area contributed by atoms with Crippen molar-refractivity contribution in [3.8, 4) is 0 Å². The van der Waals surface area contributed by atoms with E-state index in [0.717, 1.165) is 0 Å². The first-order chi connectivity index (χ1) is 14.3. The minimum atomic E-state index is -0.894. The lowest BCUT2D eigenvalue weighted by molar-refractivity contribution is -0.149. The van der Waals surface area contributed by atoms with Gasteiger partial charge in [-0.3, -0.25) is 9.59 Å². The third kappa shape index (κ3) is 8.07. The van der Waals surface area contributed by atoms with Gasteiger partial charge in [-0.1, -0.05) is 34.8 Å². The summed E-state index contributed by atoms with van der Waals surface area (Å²) >= 11 is 19.1. The number of hydrogen-bond donors (Lipinski definition) is 2. The maximum atomic E-state index is 12.4. The summed E-state index contributed by atoms with van der Waals surface area (Å²) in [4.78, 5) is 36.9. The van der Waals surface area contributed by atoms with Crippen LogP contribution in [0.1, 0.15) is 16.8 Å². The fourth-order valence-corrected chi connectivity index (χ4v) is 3.51. The molecular weight excluding hydrogens is 471 g/mol. The highest BCUT2D eigenvalue weighted by atomic mass is 35.5. The first-order valence-corrected chi connectivity index (χ1v) is 11.3. The first kappa shape index (κ1) is 24.3. The Labute approximate surface area is 193 Å². The predicted octanol–water partition coefficient (Wildman–Crippen LogP) is 4.68. The molecule has 0 bridgehead atoms. The molecule has 2 N–H and O–H groups in total. The van der Waals surface area contributed by atoms with E-state index < -0.39 is 30.4 Å². The molecule has 2 rings (SSSR count). The Bertz CT molecular complexity index is 889. The number of esters is 1. The normalized spacial score (nSPS) is 11.5. The summed E-state index contributed by atoms with van der Waals surface area (Å²) < 4.78 is 5.09. The van der Waals surface area contributed by atoms with Crippen molar-refractivity contribution in [1.29, 1.82) is 0 Å². The van der Waals surface area contributed by atoms with Gasteiger partial charge in [0.25, 0.3) is 11.8 Å². The van der Waals surface area contributed by atoms with E-state index in [9.17, 15) is 14.4 Å². The fourth-order valence-electron chi connectivity index (χ4n) is 2.39. The number of ether oxygens (including phenoxy) is 1. The molecule has 0 radical (unpaired) electrons. The van der Waals surface area contributed by atoms with Crippen molar-refractivity contribution >= 4 is 70.0 Å². The SMILES string of the molecule is CSCCC(NC(=O)c1ccc(Cl)cc1)C(=O)OCC(=O)Nc1cc(Cl)cc(Cl)c1. The van der Waals surface area contributed by atoms with Crippen LogP contribution in [0.15, 0.2) is 42.5 Å². The van der Waals surface area contributed by atoms with E-state index in [4.69, 9.17) is 39.5 Å². The predicted molar refractivity (Wildman–Crippen MR) is 122 cm³/mol. The highest BCUT2D eigenvalue weighted by molar-refractivity contribution is 7.98. The zero-order valence-electron chi connectivity index (χ0n) is 15.9. The average Bonchev–Trinajstić information content (AvgIpc) is 2.68. The van der Waals surface area contributed by atoms with Gasteiger partial charge < -0.3 is 15.4 Å². The van der Waals surface area contributed by atoms with E-state index in [1.54, 1.807) is 24.3 Å². The number of carbonyl (C=O) groups is 3. The molecule has 1 atom stereocenters. The van der Waals surface area contributed by atoms with E-state index in [1.165, 1.54) is 30.0 Å². The van der Waals surface area contributed by atoms with Crippen molar-refractivity contribution in [1.82, 2.24) is 5.32 Å². The number of anilines is 1. The second-order valence-electron chi connectivity index (χ2n) is 6.13. The summed E-state index contributed by atoms with van der Waals surface area (Å²) in [6.45, 7) is -0.518. The molecule has 0 aliphatic rings. The van der Waals surface area contributed by atoms with E-state index in [2.05, 4.69) is 10.6 Å². The number of carbonyl (C=O) groups excluding carboxylic acids is 3. The Balaban J connectivity index is 1.94. The number of rotatable bonds is 9. The highest BCUT2D eigenvalue weighted by Crippen LogP contribution is 2.22. The van der Waals surface area contributed by atoms with Crippen LogP contribution in [0.3, 0.4) is 0 Å². The number of halogens is 3. The zero-order chi connectivity index (χ0) is 22.1. The standard InChI is InChI=1S/C20H19Cl3N2O4S/c1-30-7-6-17(25-19(27)12-2-4-13(21)5-3-12)20(28)29-11-18(26)24-16-9-14(22)8-15(23)10-16/h2-5,8-10,17H,6-7,11H2,1H3,(H,24,26)(H,25,27). The summed E-state index contributed by atoms with van der Waals surface area (Å²) in [6, 6.07) is 9.93. The quantitative estimate of drug-likeness (QED) is 0.500. The number of hydrogen-bond acceptors (Lipinski definition) is 5. The smallest absolute Gasteiger partial charge is 0.329 e. The number of nitrogens with one attached hydrogen (secondary N) is 2. The van der Waals surface area contributed by atoms with Gasteiger partial charge in [0.1, 0.15) is 6.04 Å². The van der Waals surface area contributed by atoms with Crippen molar-refractivity contribution < 1.29 is 19.1 Å². The van der Waals surface area contributed by atoms with Crippen LogP contribution in [-0.4, -0.2) is 42.4 Å². The van der Waals surface area contributed by atoms with Crippen LogP contribution >= 0.6 is 46.6 Å². The Morgan fingerprint density at radius 2 is 1.63 bits per heavy atom. The van der Waals surface area contributed by atoms with Crippen LogP contribution in [0.5, 0.6) is 0 Å². The van der Waals surface area contributed by atoms with Gasteiger partial charge in [-0.15, -0.1) is 0 Å². The zero-order valence-corrected chi connectivity index (χ0v) is 19.0. The minimum Gasteiger partial charge on any atom is -0.454 e. The van der Waals surface area contributed by atoms with Crippen molar-refractivity contribution in [3.63, 3.8) is 0 Å². The van der Waals surface area contributed by atoms with Gasteiger partial charge in [0.05, 0.1) is 0 Å². The summed E-state index contributed by atoms with van der Waals surface area (Å²) in [6.07, 6.45) is 2.23. The number of amides is 2. The number of thioether (sulfide) groups is 1. The molecule has 160 valence electrons. The molecule has 0 heterocycles. The van der Waals surface area contributed by atoms with Crippen LogP contribution in [0.4, 0.5) is 5.69 Å². The molecule has 2 amide bonds. The summed E-state index contributed by atoms with van der Waals surface area (Å²) in [5.41, 5.74) is 0.737. The molecular formula is C20H19Cl3N2O4S. The molecule has 0 saturated carbocycles. The van der Waals surface area contributed by atoms with Gasteiger partial charge in [0.15, 0.2) is 6.61 Å². The lowest BCUT2D eigenvalue weighted by Gasteiger charge is -2.17. The van der Waals surface area contributed by atoms with E-state index in [1.807, 2.05) is 6.26 Å². The van der Waals surface area contributed by atoms with E-state index >= 15 is 0 Å². The monoisotopic (exact) mass is 488 g/mol. The topological polar surface area (TPSA) is 84.5 Å². The summed E-state index contributed by atoms with van der Waals surface area (Å²) in [5.74, 6) is -1.08. The van der Waals surface area contributed by atoms with Crippen LogP contribution < -0.4 is 10.6 Å². The largest absolute Gasteiger partial charge is 0.454 e. The molecule has 2 aromatic rings. The first-order valence-electron chi connectivity index (χ1n) is 8.76. The van der Waals surface area contributed by atoms with Crippen LogP contribution in [-0.2, 0) is 14.3 Å². The summed E-state index contributed by atoms with van der Waals surface area (Å²) in [7, 11) is 0. The third-order valence-corrected chi connectivity index (χ3v) is 5.13. The van der Waals surface area contributed by atoms with Crippen LogP contribution in [0.25, 0.3) is 0 Å². The summed E-state index contributed by atoms with van der Waals surface area (Å²) in [5, 5.41) is 6.40. The van der Waals surface area contributed by atoms with Gasteiger partial charge in [-0.2, -0.15) is 11.8 Å². The molecule has 6 nitrogen and oxygen atoms in total. The second kappa shape index (κ2) is 12.1. The van der Waals surface area contributed by atoms with Crippen molar-refractivity contribution in [2.45, 2.75) is 12.5 Å². The van der Waals surface area contributed by atoms with Crippen molar-refractivity contribution in [2.75, 3.05) is 23.9 Å². The maximum absolute atomic E-state index is 12.4. The lowest BCUT2D eigenvalue weighted by atomic mass is 10.1. The Morgan fingerprint density at radius 3 is 2.23 bits per heavy atom. The van der Waals surface area contributed by atoms with E-state index in [-0.39, 0.29) is 0 Å². The molecule has 0 saturated heterocycles. The van der Waals surface area contributed by atoms with Crippen molar-refractivity contribution in [3.05, 3.63) is 63.1 Å². The molecule has 1 unspecified atom stereocenters. The molecule has 0 aliphatic carbocycles. The third-order valence-electron chi connectivity index (χ3n) is 3.80. The fraction of sp³-hybridized carbons (Fsp3) is 0.250. The van der Waals surface area contributed by atoms with Gasteiger partial charge in [0.2, 0.25) is 0 Å². The molecule has 10 heteroatoms. The van der Waals surface area contributed by atoms with E-state index in [0.29, 0.717) is 38.5 Å².